The van der Waals surface area contributed by atoms with Crippen molar-refractivity contribution in [2.75, 3.05) is 6.61 Å². The Balaban J connectivity index is 0.00000144. The zero-order chi connectivity index (χ0) is 14.6. The van der Waals surface area contributed by atoms with Gasteiger partial charge in [-0.1, -0.05) is 18.2 Å². The molecule has 1 aromatic heterocycles. The topological polar surface area (TPSA) is 138 Å². The van der Waals surface area contributed by atoms with E-state index in [0.29, 0.717) is 0 Å². The standard InChI is InChI=1S/C12H13N2O6P.H3N/c15-10-11-9(6-18-21(16,17)20-11)19-12(10)14-5-7-3-1-2-4-8(7)13-14;/h1-5,9-12,15H,6H2,(H,16,17);1H3/t9?,10?,11-,12?;/m1./s1. The maximum Gasteiger partial charge on any atom is 0.472 e. The summed E-state index contributed by atoms with van der Waals surface area (Å²) in [6, 6.07) is 7.50. The fraction of sp³-hybridized carbons (Fsp3) is 0.417. The largest absolute Gasteiger partial charge is 0.472 e. The lowest BCUT2D eigenvalue weighted by molar-refractivity contribution is -0.0704. The highest BCUT2D eigenvalue weighted by atomic mass is 31.2. The molecular formula is C12H16N3O6P. The van der Waals surface area contributed by atoms with E-state index in [-0.39, 0.29) is 12.8 Å². The summed E-state index contributed by atoms with van der Waals surface area (Å²) in [5.74, 6) is 0. The van der Waals surface area contributed by atoms with Gasteiger partial charge in [0.2, 0.25) is 0 Å². The van der Waals surface area contributed by atoms with Crippen LogP contribution in [-0.4, -0.2) is 44.7 Å². The summed E-state index contributed by atoms with van der Waals surface area (Å²) in [5, 5.41) is 15.5. The van der Waals surface area contributed by atoms with Crippen LogP contribution in [0.1, 0.15) is 6.23 Å². The Morgan fingerprint density at radius 1 is 1.36 bits per heavy atom. The first-order valence-corrected chi connectivity index (χ1v) is 7.96. The highest BCUT2D eigenvalue weighted by Gasteiger charge is 2.52. The molecule has 2 fully saturated rings. The first kappa shape index (κ1) is 15.6. The number of hydrogen-bond acceptors (Lipinski definition) is 7. The van der Waals surface area contributed by atoms with E-state index in [0.717, 1.165) is 10.9 Å². The van der Waals surface area contributed by atoms with Crippen LogP contribution >= 0.6 is 7.82 Å². The average Bonchev–Trinajstić information content (AvgIpc) is 3.00. The van der Waals surface area contributed by atoms with Gasteiger partial charge in [0.1, 0.15) is 18.3 Å². The number of aliphatic hydroxyl groups is 1. The highest BCUT2D eigenvalue weighted by molar-refractivity contribution is 7.47. The van der Waals surface area contributed by atoms with Crippen molar-refractivity contribution in [2.45, 2.75) is 24.5 Å². The minimum atomic E-state index is -4.11. The Labute approximate surface area is 125 Å². The normalized spacial score (nSPS) is 37.7. The van der Waals surface area contributed by atoms with Gasteiger partial charge in [-0.05, 0) is 6.07 Å². The van der Waals surface area contributed by atoms with Crippen molar-refractivity contribution in [3.63, 3.8) is 0 Å². The zero-order valence-electron chi connectivity index (χ0n) is 11.5. The number of nitrogens with zero attached hydrogens (tertiary/aromatic N) is 2. The molecule has 2 aliphatic heterocycles. The Morgan fingerprint density at radius 2 is 2.14 bits per heavy atom. The molecule has 0 amide bonds. The summed E-state index contributed by atoms with van der Waals surface area (Å²) in [4.78, 5) is 9.33. The first-order chi connectivity index (χ1) is 10.0. The molecule has 2 aromatic rings. The molecule has 120 valence electrons. The molecule has 9 nitrogen and oxygen atoms in total. The van der Waals surface area contributed by atoms with Gasteiger partial charge in [-0.3, -0.25) is 9.05 Å². The number of hydrogen-bond donors (Lipinski definition) is 3. The maximum atomic E-state index is 11.4. The molecule has 0 radical (unpaired) electrons. The van der Waals surface area contributed by atoms with E-state index in [1.54, 1.807) is 6.20 Å². The van der Waals surface area contributed by atoms with Crippen LogP contribution in [-0.2, 0) is 18.3 Å². The molecular weight excluding hydrogens is 313 g/mol. The molecule has 0 saturated carbocycles. The summed E-state index contributed by atoms with van der Waals surface area (Å²) in [5.41, 5.74) is 0.771. The van der Waals surface area contributed by atoms with Gasteiger partial charge in [0.15, 0.2) is 6.23 Å². The highest BCUT2D eigenvalue weighted by Crippen LogP contribution is 2.52. The molecule has 10 heteroatoms. The summed E-state index contributed by atoms with van der Waals surface area (Å²) < 4.78 is 28.2. The summed E-state index contributed by atoms with van der Waals surface area (Å²) >= 11 is 0. The van der Waals surface area contributed by atoms with Crippen LogP contribution in [0.4, 0.5) is 0 Å². The Bertz CT molecular complexity index is 703. The lowest BCUT2D eigenvalue weighted by atomic mass is 10.1. The van der Waals surface area contributed by atoms with Crippen LogP contribution in [0.2, 0.25) is 0 Å². The summed E-state index contributed by atoms with van der Waals surface area (Å²) in [6.45, 7) is -0.104. The number of aromatic nitrogens is 2. The minimum Gasteiger partial charge on any atom is -0.385 e. The fourth-order valence-electron chi connectivity index (χ4n) is 2.67. The van der Waals surface area contributed by atoms with Crippen molar-refractivity contribution < 1.29 is 28.3 Å². The van der Waals surface area contributed by atoms with Crippen molar-refractivity contribution in [3.8, 4) is 0 Å². The van der Waals surface area contributed by atoms with Crippen LogP contribution in [0.5, 0.6) is 0 Å². The van der Waals surface area contributed by atoms with E-state index in [1.165, 1.54) is 4.68 Å². The quantitative estimate of drug-likeness (QED) is 0.658. The second kappa shape index (κ2) is 5.39. The van der Waals surface area contributed by atoms with E-state index in [2.05, 4.69) is 5.10 Å². The number of fused-ring (bicyclic) bond motifs is 2. The van der Waals surface area contributed by atoms with Crippen molar-refractivity contribution in [2.24, 2.45) is 0 Å². The van der Waals surface area contributed by atoms with Crippen LogP contribution in [0.25, 0.3) is 10.9 Å². The number of phosphoric acid groups is 1. The molecule has 4 rings (SSSR count). The third-order valence-corrected chi connectivity index (χ3v) is 4.64. The fourth-order valence-corrected chi connectivity index (χ4v) is 3.63. The third-order valence-electron chi connectivity index (χ3n) is 3.66. The predicted octanol–water partition coefficient (Wildman–Crippen LogP) is 0.972. The van der Waals surface area contributed by atoms with Gasteiger partial charge in [-0.25, -0.2) is 9.25 Å². The lowest BCUT2D eigenvalue weighted by Crippen LogP contribution is -2.39. The Hall–Kier alpha value is -1.32. The Kier molecular flexibility index (Phi) is 3.82. The maximum absolute atomic E-state index is 11.4. The SMILES string of the molecule is N.O=P1(O)OCC2OC(n3cc4ccccc4n3)C(O)[C@@H]2O1. The summed E-state index contributed by atoms with van der Waals surface area (Å²) in [6.07, 6.45) is -1.65. The summed E-state index contributed by atoms with van der Waals surface area (Å²) in [7, 11) is -4.11. The predicted molar refractivity (Wildman–Crippen MR) is 75.3 cm³/mol. The van der Waals surface area contributed by atoms with E-state index in [4.69, 9.17) is 13.8 Å². The molecule has 1 aromatic carbocycles. The first-order valence-electron chi connectivity index (χ1n) is 6.47. The molecule has 3 heterocycles. The molecule has 2 aliphatic rings. The van der Waals surface area contributed by atoms with E-state index in [1.807, 2.05) is 24.3 Å². The second-order valence-electron chi connectivity index (χ2n) is 5.06. The van der Waals surface area contributed by atoms with Gasteiger partial charge in [0.25, 0.3) is 0 Å². The Morgan fingerprint density at radius 3 is 2.91 bits per heavy atom. The average molecular weight is 329 g/mol. The van der Waals surface area contributed by atoms with Crippen molar-refractivity contribution in [3.05, 3.63) is 30.5 Å². The van der Waals surface area contributed by atoms with E-state index >= 15 is 0 Å². The molecule has 4 unspecified atom stereocenters. The molecule has 5 atom stereocenters. The molecule has 22 heavy (non-hydrogen) atoms. The van der Waals surface area contributed by atoms with Crippen molar-refractivity contribution in [1.82, 2.24) is 15.9 Å². The van der Waals surface area contributed by atoms with Gasteiger partial charge < -0.3 is 20.9 Å². The van der Waals surface area contributed by atoms with Gasteiger partial charge >= 0.3 is 7.82 Å². The van der Waals surface area contributed by atoms with Gasteiger partial charge in [0.05, 0.1) is 12.1 Å². The van der Waals surface area contributed by atoms with E-state index < -0.39 is 32.4 Å². The van der Waals surface area contributed by atoms with Crippen LogP contribution in [0, 0.1) is 0 Å². The molecule has 0 bridgehead atoms. The van der Waals surface area contributed by atoms with Crippen LogP contribution < -0.4 is 6.15 Å². The smallest absolute Gasteiger partial charge is 0.385 e. The van der Waals surface area contributed by atoms with Gasteiger partial charge in [-0.2, -0.15) is 5.10 Å². The number of benzene rings is 1. The minimum absolute atomic E-state index is 0. The monoisotopic (exact) mass is 329 g/mol. The lowest BCUT2D eigenvalue weighted by Gasteiger charge is -2.27. The number of aliphatic hydroxyl groups excluding tert-OH is 1. The van der Waals surface area contributed by atoms with Crippen molar-refractivity contribution in [1.29, 1.82) is 0 Å². The van der Waals surface area contributed by atoms with E-state index in [9.17, 15) is 14.6 Å². The van der Waals surface area contributed by atoms with Crippen molar-refractivity contribution >= 4 is 18.7 Å². The second-order valence-corrected chi connectivity index (χ2v) is 6.46. The van der Waals surface area contributed by atoms with Crippen LogP contribution in [0.3, 0.4) is 0 Å². The number of phosphoric ester groups is 1. The van der Waals surface area contributed by atoms with Crippen LogP contribution in [0.15, 0.2) is 30.5 Å². The van der Waals surface area contributed by atoms with Gasteiger partial charge in [0, 0.05) is 11.6 Å². The number of ether oxygens (including phenoxy) is 1. The zero-order valence-corrected chi connectivity index (χ0v) is 12.4. The van der Waals surface area contributed by atoms with Gasteiger partial charge in [-0.15, -0.1) is 0 Å². The molecule has 2 saturated heterocycles. The number of rotatable bonds is 1. The third kappa shape index (κ3) is 2.46. The molecule has 0 spiro atoms. The molecule has 5 N–H and O–H groups in total. The molecule has 0 aliphatic carbocycles.